The molecule has 1 aliphatic rings. The molecule has 3 aromatic rings. The molecule has 1 amide bonds. The van der Waals surface area contributed by atoms with E-state index in [4.69, 9.17) is 0 Å². The van der Waals surface area contributed by atoms with Gasteiger partial charge in [-0.2, -0.15) is 9.40 Å². The molecule has 0 radical (unpaired) electrons. The number of pyridine rings is 1. The first kappa shape index (κ1) is 17.6. The SMILES string of the molecule is Cc1[nH]nc2ncc(NC(=O)c3cccc(S(=O)(=O)N4CCCC4)c3)cc12. The third kappa shape index (κ3) is 3.31. The number of aromatic nitrogens is 3. The lowest BCUT2D eigenvalue weighted by Gasteiger charge is -2.16. The number of fused-ring (bicyclic) bond motifs is 1. The lowest BCUT2D eigenvalue weighted by Crippen LogP contribution is -2.28. The first-order chi connectivity index (χ1) is 12.9. The summed E-state index contributed by atoms with van der Waals surface area (Å²) >= 11 is 0. The summed E-state index contributed by atoms with van der Waals surface area (Å²) < 4.78 is 26.9. The third-order valence-electron chi connectivity index (χ3n) is 4.66. The minimum atomic E-state index is -3.57. The number of H-pyrrole nitrogens is 1. The number of sulfonamides is 1. The number of carbonyl (C=O) groups excluding carboxylic acids is 1. The fourth-order valence-electron chi connectivity index (χ4n) is 3.17. The van der Waals surface area contributed by atoms with Crippen molar-refractivity contribution in [3.8, 4) is 0 Å². The van der Waals surface area contributed by atoms with Crippen LogP contribution >= 0.6 is 0 Å². The molecule has 0 spiro atoms. The Hall–Kier alpha value is -2.78. The third-order valence-corrected chi connectivity index (χ3v) is 6.55. The van der Waals surface area contributed by atoms with E-state index >= 15 is 0 Å². The van der Waals surface area contributed by atoms with Crippen LogP contribution in [0.4, 0.5) is 5.69 Å². The van der Waals surface area contributed by atoms with Crippen LogP contribution in [-0.2, 0) is 10.0 Å². The number of nitrogens with zero attached hydrogens (tertiary/aromatic N) is 3. The van der Waals surface area contributed by atoms with Crippen molar-refractivity contribution < 1.29 is 13.2 Å². The van der Waals surface area contributed by atoms with E-state index in [9.17, 15) is 13.2 Å². The Bertz CT molecular complexity index is 1120. The molecule has 0 atom stereocenters. The summed E-state index contributed by atoms with van der Waals surface area (Å²) in [4.78, 5) is 16.9. The molecular formula is C18H19N5O3S. The lowest BCUT2D eigenvalue weighted by molar-refractivity contribution is 0.102. The van der Waals surface area contributed by atoms with Gasteiger partial charge in [0.05, 0.1) is 16.8 Å². The van der Waals surface area contributed by atoms with Crippen LogP contribution in [0.2, 0.25) is 0 Å². The Morgan fingerprint density at radius 3 is 2.78 bits per heavy atom. The Morgan fingerprint density at radius 2 is 2.00 bits per heavy atom. The van der Waals surface area contributed by atoms with Gasteiger partial charge < -0.3 is 5.32 Å². The van der Waals surface area contributed by atoms with Gasteiger partial charge >= 0.3 is 0 Å². The van der Waals surface area contributed by atoms with Crippen molar-refractivity contribution >= 4 is 32.7 Å². The van der Waals surface area contributed by atoms with Crippen LogP contribution in [0.15, 0.2) is 41.4 Å². The number of aryl methyl sites for hydroxylation is 1. The second-order valence-corrected chi connectivity index (χ2v) is 8.47. The molecule has 0 saturated carbocycles. The van der Waals surface area contributed by atoms with Gasteiger partial charge in [-0.05, 0) is 44.0 Å². The molecule has 0 bridgehead atoms. The number of hydrogen-bond donors (Lipinski definition) is 2. The lowest BCUT2D eigenvalue weighted by atomic mass is 10.2. The van der Waals surface area contributed by atoms with Crippen LogP contribution in [0, 0.1) is 6.92 Å². The summed E-state index contributed by atoms with van der Waals surface area (Å²) in [6, 6.07) is 7.89. The number of rotatable bonds is 4. The van der Waals surface area contributed by atoms with Gasteiger partial charge in [0.25, 0.3) is 5.91 Å². The molecule has 1 aromatic carbocycles. The minimum Gasteiger partial charge on any atom is -0.321 e. The monoisotopic (exact) mass is 385 g/mol. The van der Waals surface area contributed by atoms with E-state index in [-0.39, 0.29) is 10.5 Å². The van der Waals surface area contributed by atoms with Crippen LogP contribution in [-0.4, -0.2) is 46.9 Å². The van der Waals surface area contributed by atoms with Gasteiger partial charge in [-0.1, -0.05) is 6.07 Å². The first-order valence-electron chi connectivity index (χ1n) is 8.67. The van der Waals surface area contributed by atoms with Crippen LogP contribution in [0.5, 0.6) is 0 Å². The molecule has 1 aliphatic heterocycles. The average molecular weight is 385 g/mol. The molecule has 140 valence electrons. The van der Waals surface area contributed by atoms with Gasteiger partial charge in [0, 0.05) is 29.7 Å². The Balaban J connectivity index is 1.59. The molecule has 8 nitrogen and oxygen atoms in total. The van der Waals surface area contributed by atoms with E-state index < -0.39 is 15.9 Å². The average Bonchev–Trinajstić information content (AvgIpc) is 3.33. The van der Waals surface area contributed by atoms with Crippen molar-refractivity contribution in [1.82, 2.24) is 19.5 Å². The van der Waals surface area contributed by atoms with Gasteiger partial charge in [-0.25, -0.2) is 13.4 Å². The molecule has 2 aromatic heterocycles. The summed E-state index contributed by atoms with van der Waals surface area (Å²) in [7, 11) is -3.57. The van der Waals surface area contributed by atoms with Crippen molar-refractivity contribution in [1.29, 1.82) is 0 Å². The van der Waals surface area contributed by atoms with Crippen molar-refractivity contribution in [2.45, 2.75) is 24.7 Å². The maximum absolute atomic E-state index is 12.7. The van der Waals surface area contributed by atoms with E-state index in [0.29, 0.717) is 24.4 Å². The number of anilines is 1. The van der Waals surface area contributed by atoms with Crippen LogP contribution in [0.1, 0.15) is 28.9 Å². The largest absolute Gasteiger partial charge is 0.321 e. The molecule has 4 rings (SSSR count). The van der Waals surface area contributed by atoms with E-state index in [1.807, 2.05) is 6.92 Å². The highest BCUT2D eigenvalue weighted by molar-refractivity contribution is 7.89. The number of carbonyl (C=O) groups is 1. The zero-order valence-corrected chi connectivity index (χ0v) is 15.6. The molecule has 1 fully saturated rings. The quantitative estimate of drug-likeness (QED) is 0.716. The van der Waals surface area contributed by atoms with Crippen LogP contribution < -0.4 is 5.32 Å². The Labute approximate surface area is 156 Å². The van der Waals surface area contributed by atoms with E-state index in [1.54, 1.807) is 18.2 Å². The van der Waals surface area contributed by atoms with Crippen molar-refractivity contribution in [3.63, 3.8) is 0 Å². The van der Waals surface area contributed by atoms with Crippen molar-refractivity contribution in [2.24, 2.45) is 0 Å². The molecular weight excluding hydrogens is 366 g/mol. The fourth-order valence-corrected chi connectivity index (χ4v) is 4.73. The number of nitrogens with one attached hydrogen (secondary N) is 2. The van der Waals surface area contributed by atoms with Gasteiger partial charge in [0.2, 0.25) is 10.0 Å². The number of benzene rings is 1. The van der Waals surface area contributed by atoms with Gasteiger partial charge in [-0.15, -0.1) is 0 Å². The standard InChI is InChI=1S/C18H19N5O3S/c1-12-16-10-14(11-19-17(16)22-21-12)20-18(24)13-5-4-6-15(9-13)27(25,26)23-7-2-3-8-23/h4-6,9-11H,2-3,7-8H2,1H3,(H,20,24)(H,19,21,22). The van der Waals surface area contributed by atoms with Crippen molar-refractivity contribution in [2.75, 3.05) is 18.4 Å². The van der Waals surface area contributed by atoms with E-state index in [0.717, 1.165) is 23.9 Å². The second kappa shape index (κ2) is 6.75. The van der Waals surface area contributed by atoms with Crippen LogP contribution in [0.25, 0.3) is 11.0 Å². The topological polar surface area (TPSA) is 108 Å². The number of amides is 1. The Morgan fingerprint density at radius 1 is 1.22 bits per heavy atom. The van der Waals surface area contributed by atoms with Crippen molar-refractivity contribution in [3.05, 3.63) is 47.8 Å². The summed E-state index contributed by atoms with van der Waals surface area (Å²) in [5.74, 6) is -0.393. The van der Waals surface area contributed by atoms with Gasteiger partial charge in [-0.3, -0.25) is 9.89 Å². The smallest absolute Gasteiger partial charge is 0.255 e. The molecule has 27 heavy (non-hydrogen) atoms. The highest BCUT2D eigenvalue weighted by Gasteiger charge is 2.27. The van der Waals surface area contributed by atoms with Gasteiger partial charge in [0.15, 0.2) is 5.65 Å². The summed E-state index contributed by atoms with van der Waals surface area (Å²) in [6.45, 7) is 2.91. The number of aromatic amines is 1. The molecule has 2 N–H and O–H groups in total. The maximum Gasteiger partial charge on any atom is 0.255 e. The highest BCUT2D eigenvalue weighted by atomic mass is 32.2. The predicted octanol–water partition coefficient (Wildman–Crippen LogP) is 2.30. The zero-order chi connectivity index (χ0) is 19.0. The maximum atomic E-state index is 12.7. The Kier molecular flexibility index (Phi) is 4.40. The molecule has 1 saturated heterocycles. The second-order valence-electron chi connectivity index (χ2n) is 6.54. The zero-order valence-electron chi connectivity index (χ0n) is 14.8. The number of hydrogen-bond acceptors (Lipinski definition) is 5. The summed E-state index contributed by atoms with van der Waals surface area (Å²) in [5, 5.41) is 10.5. The molecule has 3 heterocycles. The van der Waals surface area contributed by atoms with E-state index in [1.165, 1.54) is 22.6 Å². The first-order valence-corrected chi connectivity index (χ1v) is 10.1. The van der Waals surface area contributed by atoms with Gasteiger partial charge in [0.1, 0.15) is 0 Å². The van der Waals surface area contributed by atoms with E-state index in [2.05, 4.69) is 20.5 Å². The fraction of sp³-hybridized carbons (Fsp3) is 0.278. The predicted molar refractivity (Wildman–Crippen MR) is 101 cm³/mol. The minimum absolute atomic E-state index is 0.135. The normalized spacial score (nSPS) is 15.3. The molecule has 9 heteroatoms. The molecule has 0 aliphatic carbocycles. The summed E-state index contributed by atoms with van der Waals surface area (Å²) in [6.07, 6.45) is 3.25. The van der Waals surface area contributed by atoms with Crippen LogP contribution in [0.3, 0.4) is 0 Å². The highest BCUT2D eigenvalue weighted by Crippen LogP contribution is 2.22. The molecule has 0 unspecified atom stereocenters. The summed E-state index contributed by atoms with van der Waals surface area (Å²) in [5.41, 5.74) is 2.22.